The van der Waals surface area contributed by atoms with Crippen molar-refractivity contribution in [1.82, 2.24) is 9.78 Å². The van der Waals surface area contributed by atoms with E-state index in [0.29, 0.717) is 17.9 Å². The van der Waals surface area contributed by atoms with Gasteiger partial charge < -0.3 is 5.32 Å². The number of hydrogen-bond acceptors (Lipinski definition) is 6. The molecule has 0 saturated heterocycles. The maximum Gasteiger partial charge on any atom is 0.292 e. The minimum absolute atomic E-state index is 0.0154. The van der Waals surface area contributed by atoms with E-state index in [2.05, 4.69) is 10.4 Å². The monoisotopic (exact) mass is 376 g/mol. The average Bonchev–Trinajstić information content (AvgIpc) is 3.02. The van der Waals surface area contributed by atoms with E-state index in [4.69, 9.17) is 11.6 Å². The van der Waals surface area contributed by atoms with Crippen molar-refractivity contribution in [2.45, 2.75) is 13.5 Å². The van der Waals surface area contributed by atoms with Crippen LogP contribution in [-0.2, 0) is 6.54 Å². The van der Waals surface area contributed by atoms with E-state index >= 15 is 0 Å². The van der Waals surface area contributed by atoms with Crippen LogP contribution in [0.3, 0.4) is 0 Å². The zero-order valence-electron chi connectivity index (χ0n) is 13.1. The van der Waals surface area contributed by atoms with E-state index in [0.717, 1.165) is 9.56 Å². The number of nitro benzene ring substituents is 1. The minimum Gasteiger partial charge on any atom is -0.377 e. The molecule has 0 fully saturated rings. The highest BCUT2D eigenvalue weighted by Gasteiger charge is 2.12. The number of nitro groups is 1. The summed E-state index contributed by atoms with van der Waals surface area (Å²) in [6.07, 6.45) is 1.46. The van der Waals surface area contributed by atoms with E-state index in [-0.39, 0.29) is 10.7 Å². The topological polar surface area (TPSA) is 90.1 Å². The Morgan fingerprint density at radius 1 is 1.28 bits per heavy atom. The molecular weight excluding hydrogens is 364 g/mol. The quantitative estimate of drug-likeness (QED) is 0.540. The Morgan fingerprint density at radius 2 is 2.00 bits per heavy atom. The number of aromatic nitrogens is 2. The number of hydrogen-bond donors (Lipinski definition) is 1. The summed E-state index contributed by atoms with van der Waals surface area (Å²) in [5.74, 6) is 0. The van der Waals surface area contributed by atoms with E-state index in [1.165, 1.54) is 35.3 Å². The number of anilines is 1. The summed E-state index contributed by atoms with van der Waals surface area (Å²) in [5, 5.41) is 17.9. The predicted octanol–water partition coefficient (Wildman–Crippen LogP) is 3.78. The summed E-state index contributed by atoms with van der Waals surface area (Å²) in [4.78, 5) is 24.9. The first-order valence-electron chi connectivity index (χ1n) is 7.27. The number of nitrogens with zero attached hydrogens (tertiary/aromatic N) is 3. The number of rotatable bonds is 5. The van der Waals surface area contributed by atoms with E-state index in [1.807, 2.05) is 19.1 Å². The fourth-order valence-corrected chi connectivity index (χ4v) is 3.24. The molecule has 25 heavy (non-hydrogen) atoms. The highest BCUT2D eigenvalue weighted by atomic mass is 35.5. The zero-order chi connectivity index (χ0) is 18.0. The molecule has 3 aromatic rings. The second kappa shape index (κ2) is 7.04. The standard InChI is InChI=1S/C16H13ClN4O3S/c1-10-2-7-13(25-10)8-18-14-9-19-20(16(22)15(14)17)11-3-5-12(6-4-11)21(23)24/h2-7,9,18H,8H2,1H3. The van der Waals surface area contributed by atoms with Crippen LogP contribution in [0.25, 0.3) is 5.69 Å². The van der Waals surface area contributed by atoms with Gasteiger partial charge in [0.1, 0.15) is 5.02 Å². The Morgan fingerprint density at radius 3 is 2.60 bits per heavy atom. The first kappa shape index (κ1) is 17.1. The van der Waals surface area contributed by atoms with Crippen LogP contribution in [0.15, 0.2) is 47.4 Å². The number of halogens is 1. The van der Waals surface area contributed by atoms with Gasteiger partial charge in [-0.3, -0.25) is 14.9 Å². The minimum atomic E-state index is -0.508. The zero-order valence-corrected chi connectivity index (χ0v) is 14.7. The van der Waals surface area contributed by atoms with Gasteiger partial charge in [-0.05, 0) is 31.2 Å². The van der Waals surface area contributed by atoms with Gasteiger partial charge in [-0.1, -0.05) is 11.6 Å². The van der Waals surface area contributed by atoms with Gasteiger partial charge in [0.05, 0.1) is 22.5 Å². The first-order chi connectivity index (χ1) is 12.0. The van der Waals surface area contributed by atoms with Crippen LogP contribution < -0.4 is 10.9 Å². The maximum absolute atomic E-state index is 12.4. The van der Waals surface area contributed by atoms with Crippen molar-refractivity contribution in [3.05, 3.63) is 77.8 Å². The summed E-state index contributed by atoms with van der Waals surface area (Å²) < 4.78 is 1.10. The summed E-state index contributed by atoms with van der Waals surface area (Å²) in [7, 11) is 0. The van der Waals surface area contributed by atoms with E-state index < -0.39 is 10.5 Å². The van der Waals surface area contributed by atoms with Gasteiger partial charge in [0.15, 0.2) is 0 Å². The van der Waals surface area contributed by atoms with Crippen LogP contribution >= 0.6 is 22.9 Å². The third-order valence-electron chi connectivity index (χ3n) is 3.47. The largest absolute Gasteiger partial charge is 0.377 e. The van der Waals surface area contributed by atoms with Gasteiger partial charge in [-0.25, -0.2) is 0 Å². The van der Waals surface area contributed by atoms with Crippen molar-refractivity contribution in [2.24, 2.45) is 0 Å². The lowest BCUT2D eigenvalue weighted by atomic mass is 10.3. The van der Waals surface area contributed by atoms with Crippen molar-refractivity contribution in [2.75, 3.05) is 5.32 Å². The van der Waals surface area contributed by atoms with E-state index in [9.17, 15) is 14.9 Å². The SMILES string of the molecule is Cc1ccc(CNc2cnn(-c3ccc([N+](=O)[O-])cc3)c(=O)c2Cl)s1. The number of benzene rings is 1. The molecule has 3 rings (SSSR count). The van der Waals surface area contributed by atoms with Gasteiger partial charge >= 0.3 is 0 Å². The molecule has 0 atom stereocenters. The molecule has 0 bridgehead atoms. The molecule has 0 spiro atoms. The third kappa shape index (κ3) is 3.70. The van der Waals surface area contributed by atoms with Gasteiger partial charge in [0.2, 0.25) is 0 Å². The van der Waals surface area contributed by atoms with Crippen molar-refractivity contribution in [3.8, 4) is 5.69 Å². The van der Waals surface area contributed by atoms with E-state index in [1.54, 1.807) is 11.3 Å². The van der Waals surface area contributed by atoms with Crippen LogP contribution in [0.4, 0.5) is 11.4 Å². The molecule has 0 aliphatic rings. The molecule has 128 valence electrons. The van der Waals surface area contributed by atoms with Crippen LogP contribution in [0.5, 0.6) is 0 Å². The molecule has 0 amide bonds. The molecule has 1 aromatic carbocycles. The summed E-state index contributed by atoms with van der Waals surface area (Å²) in [5.41, 5.74) is 0.282. The van der Waals surface area contributed by atoms with Crippen LogP contribution in [0, 0.1) is 17.0 Å². The highest BCUT2D eigenvalue weighted by molar-refractivity contribution is 7.11. The maximum atomic E-state index is 12.4. The molecule has 0 radical (unpaired) electrons. The second-order valence-corrected chi connectivity index (χ2v) is 6.98. The van der Waals surface area contributed by atoms with Gasteiger partial charge in [0.25, 0.3) is 11.2 Å². The normalized spacial score (nSPS) is 10.6. The molecule has 0 aliphatic carbocycles. The van der Waals surface area contributed by atoms with Crippen molar-refractivity contribution in [1.29, 1.82) is 0 Å². The molecule has 0 aliphatic heterocycles. The Labute approximate surface area is 151 Å². The highest BCUT2D eigenvalue weighted by Crippen LogP contribution is 2.21. The summed E-state index contributed by atoms with van der Waals surface area (Å²) in [6, 6.07) is 9.54. The summed E-state index contributed by atoms with van der Waals surface area (Å²) >= 11 is 7.82. The van der Waals surface area contributed by atoms with Gasteiger partial charge in [0, 0.05) is 28.4 Å². The van der Waals surface area contributed by atoms with Gasteiger partial charge in [-0.2, -0.15) is 9.78 Å². The molecule has 2 aromatic heterocycles. The Bertz CT molecular complexity index is 982. The Kier molecular flexibility index (Phi) is 4.82. The Hall–Kier alpha value is -2.71. The molecular formula is C16H13ClN4O3S. The van der Waals surface area contributed by atoms with Gasteiger partial charge in [-0.15, -0.1) is 11.3 Å². The number of aryl methyl sites for hydroxylation is 1. The number of non-ortho nitro benzene ring substituents is 1. The summed E-state index contributed by atoms with van der Waals surface area (Å²) in [6.45, 7) is 2.56. The third-order valence-corrected chi connectivity index (χ3v) is 4.84. The second-order valence-electron chi connectivity index (χ2n) is 5.23. The lowest BCUT2D eigenvalue weighted by molar-refractivity contribution is -0.384. The Balaban J connectivity index is 1.84. The van der Waals surface area contributed by atoms with Crippen molar-refractivity contribution >= 4 is 34.3 Å². The average molecular weight is 377 g/mol. The fraction of sp³-hybridized carbons (Fsp3) is 0.125. The molecule has 9 heteroatoms. The predicted molar refractivity (Wildman–Crippen MR) is 97.9 cm³/mol. The van der Waals surface area contributed by atoms with Crippen molar-refractivity contribution < 1.29 is 4.92 Å². The molecule has 7 nitrogen and oxygen atoms in total. The smallest absolute Gasteiger partial charge is 0.292 e. The van der Waals surface area contributed by atoms with Crippen LogP contribution in [-0.4, -0.2) is 14.7 Å². The molecule has 0 saturated carbocycles. The molecule has 2 heterocycles. The first-order valence-corrected chi connectivity index (χ1v) is 8.47. The lowest BCUT2D eigenvalue weighted by Crippen LogP contribution is -2.22. The van der Waals surface area contributed by atoms with Crippen LogP contribution in [0.2, 0.25) is 5.02 Å². The number of nitrogens with one attached hydrogen (secondary N) is 1. The lowest BCUT2D eigenvalue weighted by Gasteiger charge is -2.09. The van der Waals surface area contributed by atoms with Crippen molar-refractivity contribution in [3.63, 3.8) is 0 Å². The fourth-order valence-electron chi connectivity index (χ4n) is 2.22. The van der Waals surface area contributed by atoms with Crippen LogP contribution in [0.1, 0.15) is 9.75 Å². The number of thiophene rings is 1. The molecule has 1 N–H and O–H groups in total. The molecule has 0 unspecified atom stereocenters.